The van der Waals surface area contributed by atoms with Gasteiger partial charge in [0.15, 0.2) is 23.2 Å². The minimum Gasteiger partial charge on any atom is -0.490 e. The van der Waals surface area contributed by atoms with Crippen LogP contribution in [0.1, 0.15) is 68.1 Å². The lowest BCUT2D eigenvalue weighted by molar-refractivity contribution is 0.295. The lowest BCUT2D eigenvalue weighted by Crippen LogP contribution is -2.14. The molecule has 192 valence electrons. The van der Waals surface area contributed by atoms with E-state index in [1.165, 1.54) is 24.3 Å². The lowest BCUT2D eigenvalue weighted by Gasteiger charge is -2.29. The van der Waals surface area contributed by atoms with E-state index in [-0.39, 0.29) is 29.4 Å². The summed E-state index contributed by atoms with van der Waals surface area (Å²) in [5.41, 5.74) is 1.43. The molecule has 0 N–H and O–H groups in total. The molecule has 1 saturated carbocycles. The Labute approximate surface area is 209 Å². The standard InChI is InChI=1S/C30H31F5O/c1-3-16-36-26-15-14-24(29(34)30(26)35)23-13-12-22(17-25(23)31)20-9-5-19(6-10-20)7-11-21-8-4-18(2)27(32)28(21)33/h4,8,12-15,17,19-20H,3,5-7,9-11,16H2,1-2H3. The third-order valence-electron chi connectivity index (χ3n) is 7.29. The normalized spacial score (nSPS) is 17.9. The Morgan fingerprint density at radius 2 is 1.50 bits per heavy atom. The quantitative estimate of drug-likeness (QED) is 0.279. The molecular weight excluding hydrogens is 471 g/mol. The third kappa shape index (κ3) is 5.58. The van der Waals surface area contributed by atoms with E-state index in [2.05, 4.69) is 0 Å². The van der Waals surface area contributed by atoms with Crippen LogP contribution in [0.4, 0.5) is 22.0 Å². The Kier molecular flexibility index (Phi) is 8.32. The molecule has 4 rings (SSSR count). The van der Waals surface area contributed by atoms with E-state index in [4.69, 9.17) is 4.74 Å². The van der Waals surface area contributed by atoms with E-state index < -0.39 is 29.1 Å². The summed E-state index contributed by atoms with van der Waals surface area (Å²) in [5, 5.41) is 0. The lowest BCUT2D eigenvalue weighted by atomic mass is 9.76. The maximum atomic E-state index is 15.0. The van der Waals surface area contributed by atoms with Gasteiger partial charge in [0.1, 0.15) is 5.82 Å². The zero-order valence-corrected chi connectivity index (χ0v) is 20.7. The second-order valence-corrected chi connectivity index (χ2v) is 9.75. The maximum Gasteiger partial charge on any atom is 0.201 e. The summed E-state index contributed by atoms with van der Waals surface area (Å²) in [7, 11) is 0. The van der Waals surface area contributed by atoms with Gasteiger partial charge in [-0.25, -0.2) is 17.6 Å². The summed E-state index contributed by atoms with van der Waals surface area (Å²) in [6, 6.07) is 10.7. The van der Waals surface area contributed by atoms with Crippen molar-refractivity contribution in [2.75, 3.05) is 6.61 Å². The zero-order valence-electron chi connectivity index (χ0n) is 20.7. The van der Waals surface area contributed by atoms with Crippen LogP contribution in [0.25, 0.3) is 11.1 Å². The highest BCUT2D eigenvalue weighted by atomic mass is 19.2. The molecule has 0 amide bonds. The Morgan fingerprint density at radius 1 is 0.778 bits per heavy atom. The number of hydrogen-bond acceptors (Lipinski definition) is 1. The van der Waals surface area contributed by atoms with Gasteiger partial charge in [0.25, 0.3) is 0 Å². The van der Waals surface area contributed by atoms with Gasteiger partial charge in [-0.2, -0.15) is 4.39 Å². The Morgan fingerprint density at radius 3 is 2.19 bits per heavy atom. The topological polar surface area (TPSA) is 9.23 Å². The molecule has 0 heterocycles. The van der Waals surface area contributed by atoms with Crippen molar-refractivity contribution >= 4 is 0 Å². The van der Waals surface area contributed by atoms with Crippen molar-refractivity contribution < 1.29 is 26.7 Å². The molecule has 6 heteroatoms. The first-order valence-corrected chi connectivity index (χ1v) is 12.6. The van der Waals surface area contributed by atoms with Gasteiger partial charge in [-0.1, -0.05) is 31.2 Å². The molecule has 1 nitrogen and oxygen atoms in total. The van der Waals surface area contributed by atoms with Crippen LogP contribution < -0.4 is 4.74 Å². The highest BCUT2D eigenvalue weighted by Gasteiger charge is 2.25. The van der Waals surface area contributed by atoms with E-state index in [0.717, 1.165) is 37.7 Å². The second-order valence-electron chi connectivity index (χ2n) is 9.75. The third-order valence-corrected chi connectivity index (χ3v) is 7.29. The average Bonchev–Trinajstić information content (AvgIpc) is 2.88. The highest BCUT2D eigenvalue weighted by Crippen LogP contribution is 2.39. The van der Waals surface area contributed by atoms with Crippen LogP contribution in [0.15, 0.2) is 42.5 Å². The maximum absolute atomic E-state index is 15.0. The molecule has 3 aromatic carbocycles. The predicted molar refractivity (Wildman–Crippen MR) is 132 cm³/mol. The van der Waals surface area contributed by atoms with Gasteiger partial charge in [0, 0.05) is 11.1 Å². The van der Waals surface area contributed by atoms with Crippen LogP contribution in [0.5, 0.6) is 5.75 Å². The monoisotopic (exact) mass is 502 g/mol. The molecule has 0 radical (unpaired) electrons. The molecule has 0 unspecified atom stereocenters. The molecule has 36 heavy (non-hydrogen) atoms. The minimum absolute atomic E-state index is 0.0123. The van der Waals surface area contributed by atoms with E-state index >= 15 is 4.39 Å². The Balaban J connectivity index is 1.38. The summed E-state index contributed by atoms with van der Waals surface area (Å²) in [6.45, 7) is 3.68. The summed E-state index contributed by atoms with van der Waals surface area (Å²) in [6.07, 6.45) is 5.49. The first-order valence-electron chi connectivity index (χ1n) is 12.6. The fraction of sp³-hybridized carbons (Fsp3) is 0.400. The SMILES string of the molecule is CCCOc1ccc(-c2ccc(C3CCC(CCc4ccc(C)c(F)c4F)CC3)cc2F)c(F)c1F. The van der Waals surface area contributed by atoms with Crippen LogP contribution in [-0.2, 0) is 6.42 Å². The van der Waals surface area contributed by atoms with Gasteiger partial charge in [0.2, 0.25) is 5.82 Å². The van der Waals surface area contributed by atoms with Crippen molar-refractivity contribution in [2.24, 2.45) is 5.92 Å². The molecule has 0 saturated heterocycles. The molecule has 0 spiro atoms. The van der Waals surface area contributed by atoms with Crippen molar-refractivity contribution in [3.05, 3.63) is 88.2 Å². The Bertz CT molecular complexity index is 1210. The molecule has 0 aromatic heterocycles. The molecule has 1 aliphatic rings. The van der Waals surface area contributed by atoms with Gasteiger partial charge < -0.3 is 4.74 Å². The minimum atomic E-state index is -1.12. The molecule has 0 atom stereocenters. The predicted octanol–water partition coefficient (Wildman–Crippen LogP) is 9.05. The molecule has 0 aliphatic heterocycles. The fourth-order valence-electron chi connectivity index (χ4n) is 5.09. The second kappa shape index (κ2) is 11.4. The number of benzene rings is 3. The highest BCUT2D eigenvalue weighted by molar-refractivity contribution is 5.66. The van der Waals surface area contributed by atoms with Gasteiger partial charge >= 0.3 is 0 Å². The number of ether oxygens (including phenoxy) is 1. The van der Waals surface area contributed by atoms with Crippen molar-refractivity contribution in [3.63, 3.8) is 0 Å². The smallest absolute Gasteiger partial charge is 0.201 e. The first-order chi connectivity index (χ1) is 17.3. The number of rotatable bonds is 8. The molecule has 1 aliphatic carbocycles. The van der Waals surface area contributed by atoms with Crippen molar-refractivity contribution in [1.29, 1.82) is 0 Å². The molecule has 1 fully saturated rings. The molecule has 0 bridgehead atoms. The number of halogens is 5. The van der Waals surface area contributed by atoms with Crippen LogP contribution in [0, 0.1) is 41.9 Å². The van der Waals surface area contributed by atoms with E-state index in [9.17, 15) is 17.6 Å². The molecular formula is C30H31F5O. The van der Waals surface area contributed by atoms with E-state index in [0.29, 0.717) is 29.9 Å². The summed E-state index contributed by atoms with van der Waals surface area (Å²) >= 11 is 0. The van der Waals surface area contributed by atoms with Gasteiger partial charge in [-0.15, -0.1) is 0 Å². The van der Waals surface area contributed by atoms with E-state index in [1.807, 2.05) is 6.92 Å². The van der Waals surface area contributed by atoms with Crippen LogP contribution >= 0.6 is 0 Å². The average molecular weight is 503 g/mol. The van der Waals surface area contributed by atoms with Gasteiger partial charge in [0.05, 0.1) is 6.61 Å². The zero-order chi connectivity index (χ0) is 25.8. The largest absolute Gasteiger partial charge is 0.490 e. The van der Waals surface area contributed by atoms with Crippen molar-refractivity contribution in [1.82, 2.24) is 0 Å². The van der Waals surface area contributed by atoms with Crippen LogP contribution in [0.2, 0.25) is 0 Å². The van der Waals surface area contributed by atoms with Crippen LogP contribution in [-0.4, -0.2) is 6.61 Å². The Hall–Kier alpha value is -2.89. The number of hydrogen-bond donors (Lipinski definition) is 0. The van der Waals surface area contributed by atoms with Gasteiger partial charge in [-0.05, 0) is 98.6 Å². The van der Waals surface area contributed by atoms with Crippen molar-refractivity contribution in [3.8, 4) is 16.9 Å². The number of aryl methyl sites for hydroxylation is 2. The summed E-state index contributed by atoms with van der Waals surface area (Å²) in [5.74, 6) is -3.96. The van der Waals surface area contributed by atoms with Crippen molar-refractivity contribution in [2.45, 2.75) is 64.7 Å². The van der Waals surface area contributed by atoms with Gasteiger partial charge in [-0.3, -0.25) is 0 Å². The molecule has 3 aromatic rings. The van der Waals surface area contributed by atoms with Crippen LogP contribution in [0.3, 0.4) is 0 Å². The summed E-state index contributed by atoms with van der Waals surface area (Å²) in [4.78, 5) is 0. The fourth-order valence-corrected chi connectivity index (χ4v) is 5.09. The van der Waals surface area contributed by atoms with E-state index in [1.54, 1.807) is 25.1 Å². The summed E-state index contributed by atoms with van der Waals surface area (Å²) < 4.78 is 77.2. The first kappa shape index (κ1) is 26.2.